The number of benzene rings is 4. The number of hydrogen-bond acceptors (Lipinski definition) is 6. The minimum absolute atomic E-state index is 0. The van der Waals surface area contributed by atoms with Crippen LogP contribution in [0.1, 0.15) is 82.7 Å². The lowest BCUT2D eigenvalue weighted by atomic mass is 9.96. The third-order valence-corrected chi connectivity index (χ3v) is 10.4. The minimum atomic E-state index is -0.182. The van der Waals surface area contributed by atoms with E-state index in [4.69, 9.17) is 34.7 Å². The van der Waals surface area contributed by atoms with Gasteiger partial charge in [0.05, 0.1) is 12.1 Å². The molecule has 0 saturated carbocycles. The first-order valence-electron chi connectivity index (χ1n) is 17.5. The van der Waals surface area contributed by atoms with Crippen LogP contribution >= 0.6 is 72.8 Å². The second-order valence-electron chi connectivity index (χ2n) is 12.6. The van der Waals surface area contributed by atoms with Gasteiger partial charge in [-0.1, -0.05) is 87.3 Å². The summed E-state index contributed by atoms with van der Waals surface area (Å²) in [5.74, 6) is 0.124. The molecule has 0 aromatic heterocycles. The summed E-state index contributed by atoms with van der Waals surface area (Å²) >= 11 is 12.4. The molecule has 55 heavy (non-hydrogen) atoms. The van der Waals surface area contributed by atoms with Gasteiger partial charge in [0, 0.05) is 69.9 Å². The first-order valence-corrected chi connectivity index (χ1v) is 18.2. The summed E-state index contributed by atoms with van der Waals surface area (Å²) in [6.45, 7) is 15.4. The Kier molecular flexibility index (Phi) is 22.7. The van der Waals surface area contributed by atoms with Crippen LogP contribution in [0.4, 0.5) is 11.4 Å². The van der Waals surface area contributed by atoms with E-state index in [2.05, 4.69) is 37.5 Å². The molecular formula is C40H54Cl6N6O3. The smallest absolute Gasteiger partial charge is 0.255 e. The minimum Gasteiger partial charge on any atom is -0.412 e. The molecule has 0 aliphatic carbocycles. The van der Waals surface area contributed by atoms with E-state index in [0.717, 1.165) is 72.6 Å². The highest BCUT2D eigenvalue weighted by atomic mass is 35.5. The molecule has 2 atom stereocenters. The highest BCUT2D eigenvalue weighted by Crippen LogP contribution is 2.42. The van der Waals surface area contributed by atoms with E-state index >= 15 is 0 Å². The number of nitrogens with zero attached hydrogens (tertiary/aromatic N) is 4. The van der Waals surface area contributed by atoms with Crippen molar-refractivity contribution in [2.45, 2.75) is 39.8 Å². The number of nitrogen functional groups attached to an aromatic ring is 2. The Morgan fingerprint density at radius 1 is 0.545 bits per heavy atom. The van der Waals surface area contributed by atoms with Crippen molar-refractivity contribution in [1.29, 1.82) is 0 Å². The van der Waals surface area contributed by atoms with Crippen molar-refractivity contribution in [3.63, 3.8) is 0 Å². The Bertz CT molecular complexity index is 1700. The molecule has 2 aliphatic rings. The SMILES string of the molecule is CCN(CC)CCN1C(=O)c2ccccc2C1c1cc(Cl)ccc1N.CCN(CC)CCN1C(=O)c2ccccc2C1c1cc(Cl)ccc1N.Cl.Cl.Cl.Cl.O. The van der Waals surface area contributed by atoms with E-state index < -0.39 is 0 Å². The number of carbonyl (C=O) groups excluding carboxylic acids is 2. The number of anilines is 2. The summed E-state index contributed by atoms with van der Waals surface area (Å²) in [4.78, 5) is 34.5. The van der Waals surface area contributed by atoms with Crippen molar-refractivity contribution in [3.05, 3.63) is 128 Å². The van der Waals surface area contributed by atoms with Crippen LogP contribution in [0.2, 0.25) is 10.0 Å². The van der Waals surface area contributed by atoms with E-state index in [9.17, 15) is 9.59 Å². The number of fused-ring (bicyclic) bond motifs is 2. The van der Waals surface area contributed by atoms with Crippen LogP contribution in [0, 0.1) is 0 Å². The molecule has 0 fully saturated rings. The van der Waals surface area contributed by atoms with Crippen molar-refractivity contribution in [2.24, 2.45) is 0 Å². The average Bonchev–Trinajstić information content (AvgIpc) is 3.57. The van der Waals surface area contributed by atoms with Gasteiger partial charge in [-0.25, -0.2) is 0 Å². The molecule has 9 nitrogen and oxygen atoms in total. The largest absolute Gasteiger partial charge is 0.412 e. The van der Waals surface area contributed by atoms with Crippen molar-refractivity contribution in [1.82, 2.24) is 19.6 Å². The van der Waals surface area contributed by atoms with Gasteiger partial charge in [-0.3, -0.25) is 9.59 Å². The summed E-state index contributed by atoms with van der Waals surface area (Å²) in [7, 11) is 0. The summed E-state index contributed by atoms with van der Waals surface area (Å²) in [6.07, 6.45) is 0. The zero-order chi connectivity index (χ0) is 35.9. The van der Waals surface area contributed by atoms with Gasteiger partial charge in [-0.15, -0.1) is 49.6 Å². The Morgan fingerprint density at radius 2 is 0.873 bits per heavy atom. The molecule has 0 bridgehead atoms. The van der Waals surface area contributed by atoms with Crippen LogP contribution in [-0.2, 0) is 0 Å². The molecule has 2 aliphatic heterocycles. The lowest BCUT2D eigenvalue weighted by Crippen LogP contribution is -2.37. The molecule has 4 aromatic rings. The molecule has 6 N–H and O–H groups in total. The molecule has 0 saturated heterocycles. The van der Waals surface area contributed by atoms with Crippen molar-refractivity contribution < 1.29 is 15.1 Å². The number of nitrogens with two attached hydrogens (primary N) is 2. The van der Waals surface area contributed by atoms with Crippen LogP contribution in [-0.4, -0.2) is 89.2 Å². The van der Waals surface area contributed by atoms with Gasteiger partial charge < -0.3 is 36.5 Å². The maximum Gasteiger partial charge on any atom is 0.255 e. The predicted molar refractivity (Wildman–Crippen MR) is 239 cm³/mol. The van der Waals surface area contributed by atoms with Crippen LogP contribution in [0.5, 0.6) is 0 Å². The maximum absolute atomic E-state index is 13.0. The standard InChI is InChI=1S/2C20H24ClN3O.4ClH.H2O/c2*1-3-23(4-2)11-12-24-19(17-13-14(21)9-10-18(17)22)15-7-5-6-8-16(15)20(24)25;;;;;/h2*5-10,13,19H,3-4,11-12,22H2,1-2H3;4*1H;1H2. The average molecular weight is 880 g/mol. The third kappa shape index (κ3) is 11.6. The van der Waals surface area contributed by atoms with Gasteiger partial charge in [-0.2, -0.15) is 0 Å². The van der Waals surface area contributed by atoms with Crippen molar-refractivity contribution >= 4 is 96.0 Å². The zero-order valence-corrected chi connectivity index (χ0v) is 36.3. The molecule has 0 radical (unpaired) electrons. The van der Waals surface area contributed by atoms with Gasteiger partial charge in [0.2, 0.25) is 0 Å². The molecule has 15 heteroatoms. The molecule has 6 rings (SSSR count). The molecule has 304 valence electrons. The van der Waals surface area contributed by atoms with E-state index in [1.165, 1.54) is 0 Å². The number of amides is 2. The number of rotatable bonds is 12. The van der Waals surface area contributed by atoms with Crippen LogP contribution in [0.15, 0.2) is 84.9 Å². The van der Waals surface area contributed by atoms with E-state index in [-0.39, 0.29) is 79.0 Å². The number of carbonyl (C=O) groups is 2. The summed E-state index contributed by atoms with van der Waals surface area (Å²) in [6, 6.07) is 26.1. The monoisotopic (exact) mass is 876 g/mol. The summed E-state index contributed by atoms with van der Waals surface area (Å²) in [5.41, 5.74) is 19.1. The number of halogens is 6. The maximum atomic E-state index is 13.0. The normalized spacial score (nSPS) is 15.1. The Hall–Kier alpha value is -2.96. The van der Waals surface area contributed by atoms with E-state index in [0.29, 0.717) is 34.5 Å². The van der Waals surface area contributed by atoms with Gasteiger partial charge in [0.25, 0.3) is 11.8 Å². The first kappa shape index (κ1) is 52.0. The second kappa shape index (κ2) is 24.0. The zero-order valence-electron chi connectivity index (χ0n) is 31.5. The van der Waals surface area contributed by atoms with Gasteiger partial charge in [-0.05, 0) is 85.8 Å². The van der Waals surface area contributed by atoms with Crippen LogP contribution in [0.25, 0.3) is 0 Å². The lowest BCUT2D eigenvalue weighted by molar-refractivity contribution is 0.0722. The molecule has 4 aromatic carbocycles. The van der Waals surface area contributed by atoms with Crippen LogP contribution in [0.3, 0.4) is 0 Å². The number of hydrogen-bond donors (Lipinski definition) is 2. The fourth-order valence-corrected chi connectivity index (χ4v) is 7.38. The van der Waals surface area contributed by atoms with Crippen molar-refractivity contribution in [3.8, 4) is 0 Å². The fourth-order valence-electron chi connectivity index (χ4n) is 7.02. The third-order valence-electron chi connectivity index (χ3n) is 9.91. The lowest BCUT2D eigenvalue weighted by Gasteiger charge is -2.29. The molecular weight excluding hydrogens is 825 g/mol. The fraction of sp³-hybridized carbons (Fsp3) is 0.350. The molecule has 2 heterocycles. The Morgan fingerprint density at radius 3 is 1.20 bits per heavy atom. The van der Waals surface area contributed by atoms with Gasteiger partial charge >= 0.3 is 0 Å². The highest BCUT2D eigenvalue weighted by Gasteiger charge is 2.39. The molecule has 2 unspecified atom stereocenters. The molecule has 0 spiro atoms. The predicted octanol–water partition coefficient (Wildman–Crippen LogP) is 8.48. The Balaban J connectivity index is 0.000000972. The topological polar surface area (TPSA) is 131 Å². The van der Waals surface area contributed by atoms with Crippen LogP contribution < -0.4 is 11.5 Å². The highest BCUT2D eigenvalue weighted by molar-refractivity contribution is 6.31. The molecule has 2 amide bonds. The summed E-state index contributed by atoms with van der Waals surface area (Å²) < 4.78 is 0. The first-order chi connectivity index (χ1) is 24.1. The number of likely N-dealkylation sites (N-methyl/N-ethyl adjacent to an activating group) is 2. The van der Waals surface area contributed by atoms with Gasteiger partial charge in [0.1, 0.15) is 0 Å². The summed E-state index contributed by atoms with van der Waals surface area (Å²) in [5, 5.41) is 1.26. The van der Waals surface area contributed by atoms with Crippen molar-refractivity contribution in [2.75, 3.05) is 63.8 Å². The van der Waals surface area contributed by atoms with E-state index in [1.54, 1.807) is 12.1 Å². The Labute approximate surface area is 360 Å². The quantitative estimate of drug-likeness (QED) is 0.137. The van der Waals surface area contributed by atoms with Gasteiger partial charge in [0.15, 0.2) is 0 Å². The second-order valence-corrected chi connectivity index (χ2v) is 13.4. The van der Waals surface area contributed by atoms with E-state index in [1.807, 2.05) is 82.6 Å².